The van der Waals surface area contributed by atoms with Crippen molar-refractivity contribution in [3.05, 3.63) is 0 Å². The summed E-state index contributed by atoms with van der Waals surface area (Å²) in [5.74, 6) is 0.645. The monoisotopic (exact) mass is 156 g/mol. The van der Waals surface area contributed by atoms with Crippen LogP contribution in [0, 0.1) is 5.41 Å². The Morgan fingerprint density at radius 1 is 1.36 bits per heavy atom. The van der Waals surface area contributed by atoms with Gasteiger partial charge >= 0.3 is 0 Å². The summed E-state index contributed by atoms with van der Waals surface area (Å²) >= 11 is 0. The van der Waals surface area contributed by atoms with Crippen molar-refractivity contribution in [1.29, 1.82) is 5.41 Å². The second-order valence-electron chi connectivity index (χ2n) is 3.25. The van der Waals surface area contributed by atoms with Crippen LogP contribution < -0.4 is 0 Å². The first kappa shape index (κ1) is 8.53. The van der Waals surface area contributed by atoms with Crippen molar-refractivity contribution >= 4 is 5.84 Å². The normalized spacial score (nSPS) is 32.1. The lowest BCUT2D eigenvalue weighted by Crippen LogP contribution is -2.47. The smallest absolute Gasteiger partial charge is 0.0927 e. The number of hydrogen-bond donors (Lipinski definition) is 1. The van der Waals surface area contributed by atoms with Crippen molar-refractivity contribution in [2.24, 2.45) is 0 Å². The Morgan fingerprint density at radius 3 is 2.18 bits per heavy atom. The molecule has 0 bridgehead atoms. The summed E-state index contributed by atoms with van der Waals surface area (Å²) in [6, 6.07) is 0. The molecule has 1 heterocycles. The maximum Gasteiger partial charge on any atom is 0.0927 e. The first-order valence-corrected chi connectivity index (χ1v) is 4.05. The van der Waals surface area contributed by atoms with Crippen LogP contribution >= 0.6 is 0 Å². The highest BCUT2D eigenvalue weighted by molar-refractivity contribution is 5.76. The van der Waals surface area contributed by atoms with Gasteiger partial charge in [0, 0.05) is 13.1 Å². The molecule has 3 nitrogen and oxygen atoms in total. The van der Waals surface area contributed by atoms with Crippen LogP contribution in [0.3, 0.4) is 0 Å². The lowest BCUT2D eigenvalue weighted by atomic mass is 10.2. The van der Waals surface area contributed by atoms with Crippen molar-refractivity contribution in [1.82, 2.24) is 4.90 Å². The van der Waals surface area contributed by atoms with Gasteiger partial charge in [0.2, 0.25) is 0 Å². The number of amidine groups is 1. The van der Waals surface area contributed by atoms with Gasteiger partial charge in [-0.1, -0.05) is 0 Å². The van der Waals surface area contributed by atoms with E-state index in [9.17, 15) is 0 Å². The van der Waals surface area contributed by atoms with Gasteiger partial charge in [-0.2, -0.15) is 0 Å². The molecule has 0 aliphatic carbocycles. The van der Waals surface area contributed by atoms with Crippen LogP contribution in [-0.4, -0.2) is 36.0 Å². The van der Waals surface area contributed by atoms with Gasteiger partial charge in [0.15, 0.2) is 0 Å². The summed E-state index contributed by atoms with van der Waals surface area (Å²) in [6.45, 7) is 7.64. The lowest BCUT2D eigenvalue weighted by molar-refractivity contribution is -0.0483. The van der Waals surface area contributed by atoms with E-state index in [2.05, 4.69) is 4.90 Å². The van der Waals surface area contributed by atoms with Gasteiger partial charge in [-0.3, -0.25) is 5.41 Å². The van der Waals surface area contributed by atoms with Gasteiger partial charge in [0.25, 0.3) is 0 Å². The maximum absolute atomic E-state index is 7.44. The van der Waals surface area contributed by atoms with Crippen LogP contribution in [0.15, 0.2) is 0 Å². The predicted molar refractivity (Wildman–Crippen MR) is 45.0 cm³/mol. The molecular formula is C8H16N2O. The Balaban J connectivity index is 2.49. The maximum atomic E-state index is 7.44. The lowest BCUT2D eigenvalue weighted by Gasteiger charge is -2.35. The molecule has 0 spiro atoms. The van der Waals surface area contributed by atoms with Crippen molar-refractivity contribution in [2.45, 2.75) is 33.0 Å². The molecule has 1 aliphatic heterocycles. The van der Waals surface area contributed by atoms with Gasteiger partial charge in [-0.15, -0.1) is 0 Å². The molecule has 1 aliphatic rings. The summed E-state index contributed by atoms with van der Waals surface area (Å²) < 4.78 is 5.53. The molecule has 0 aromatic heterocycles. The van der Waals surface area contributed by atoms with Crippen molar-refractivity contribution in [3.63, 3.8) is 0 Å². The summed E-state index contributed by atoms with van der Waals surface area (Å²) in [7, 11) is 0. The number of ether oxygens (including phenoxy) is 1. The zero-order valence-corrected chi connectivity index (χ0v) is 7.42. The van der Waals surface area contributed by atoms with E-state index in [0.717, 1.165) is 13.1 Å². The van der Waals surface area contributed by atoms with Gasteiger partial charge in [-0.25, -0.2) is 0 Å². The Hall–Kier alpha value is -0.570. The standard InChI is InChI=1S/C8H16N2O/c1-6-4-10(8(3)9)5-7(2)11-6/h6-7,9H,4-5H2,1-3H3/t6-,7+. The SMILES string of the molecule is CC(=N)N1C[C@@H](C)O[C@@H](C)C1. The molecule has 0 saturated carbocycles. The second kappa shape index (κ2) is 3.22. The summed E-state index contributed by atoms with van der Waals surface area (Å²) in [5, 5.41) is 7.44. The summed E-state index contributed by atoms with van der Waals surface area (Å²) in [5.41, 5.74) is 0. The van der Waals surface area contributed by atoms with Gasteiger partial charge in [-0.05, 0) is 20.8 Å². The van der Waals surface area contributed by atoms with E-state index < -0.39 is 0 Å². The zero-order chi connectivity index (χ0) is 8.43. The first-order chi connectivity index (χ1) is 5.09. The van der Waals surface area contributed by atoms with Crippen molar-refractivity contribution in [2.75, 3.05) is 13.1 Å². The highest BCUT2D eigenvalue weighted by Gasteiger charge is 2.21. The Labute approximate surface area is 67.8 Å². The molecule has 3 heteroatoms. The Morgan fingerprint density at radius 2 is 1.82 bits per heavy atom. The zero-order valence-electron chi connectivity index (χ0n) is 7.42. The van der Waals surface area contributed by atoms with Crippen LogP contribution in [-0.2, 0) is 4.74 Å². The van der Waals surface area contributed by atoms with Crippen LogP contribution in [0.5, 0.6) is 0 Å². The highest BCUT2D eigenvalue weighted by atomic mass is 16.5. The molecule has 0 radical (unpaired) electrons. The van der Waals surface area contributed by atoms with E-state index in [-0.39, 0.29) is 12.2 Å². The third kappa shape index (κ3) is 2.19. The third-order valence-corrected chi connectivity index (χ3v) is 1.89. The summed E-state index contributed by atoms with van der Waals surface area (Å²) in [6.07, 6.45) is 0.526. The Bertz CT molecular complexity index is 148. The minimum absolute atomic E-state index is 0.263. The van der Waals surface area contributed by atoms with E-state index in [1.165, 1.54) is 0 Å². The molecule has 0 unspecified atom stereocenters. The van der Waals surface area contributed by atoms with E-state index in [1.807, 2.05) is 20.8 Å². The first-order valence-electron chi connectivity index (χ1n) is 4.05. The quantitative estimate of drug-likeness (QED) is 0.421. The van der Waals surface area contributed by atoms with E-state index in [1.54, 1.807) is 0 Å². The predicted octanol–water partition coefficient (Wildman–Crippen LogP) is 1.09. The van der Waals surface area contributed by atoms with Gasteiger partial charge < -0.3 is 9.64 Å². The molecule has 1 fully saturated rings. The molecule has 0 aromatic rings. The average Bonchev–Trinajstić information content (AvgIpc) is 1.85. The number of nitrogens with one attached hydrogen (secondary N) is 1. The molecule has 1 N–H and O–H groups in total. The summed E-state index contributed by atoms with van der Waals surface area (Å²) in [4.78, 5) is 2.05. The minimum atomic E-state index is 0.263. The third-order valence-electron chi connectivity index (χ3n) is 1.89. The number of nitrogens with zero attached hydrogens (tertiary/aromatic N) is 1. The highest BCUT2D eigenvalue weighted by Crippen LogP contribution is 2.10. The fourth-order valence-corrected chi connectivity index (χ4v) is 1.45. The topological polar surface area (TPSA) is 36.3 Å². The van der Waals surface area contributed by atoms with Crippen LogP contribution in [0.1, 0.15) is 20.8 Å². The van der Waals surface area contributed by atoms with E-state index >= 15 is 0 Å². The minimum Gasteiger partial charge on any atom is -0.372 e. The molecule has 64 valence electrons. The van der Waals surface area contributed by atoms with Gasteiger partial charge in [0.05, 0.1) is 18.0 Å². The second-order valence-corrected chi connectivity index (χ2v) is 3.25. The van der Waals surface area contributed by atoms with Crippen molar-refractivity contribution in [3.8, 4) is 0 Å². The van der Waals surface area contributed by atoms with Crippen LogP contribution in [0.4, 0.5) is 0 Å². The molecular weight excluding hydrogens is 140 g/mol. The van der Waals surface area contributed by atoms with Crippen molar-refractivity contribution < 1.29 is 4.74 Å². The van der Waals surface area contributed by atoms with Gasteiger partial charge in [0.1, 0.15) is 0 Å². The number of hydrogen-bond acceptors (Lipinski definition) is 2. The molecule has 0 amide bonds. The molecule has 11 heavy (non-hydrogen) atoms. The number of morpholine rings is 1. The largest absolute Gasteiger partial charge is 0.372 e. The molecule has 1 rings (SSSR count). The van der Waals surface area contributed by atoms with Crippen LogP contribution in [0.25, 0.3) is 0 Å². The van der Waals surface area contributed by atoms with E-state index in [0.29, 0.717) is 5.84 Å². The fourth-order valence-electron chi connectivity index (χ4n) is 1.45. The molecule has 0 aromatic carbocycles. The molecule has 1 saturated heterocycles. The molecule has 2 atom stereocenters. The Kier molecular flexibility index (Phi) is 2.49. The fraction of sp³-hybridized carbons (Fsp3) is 0.875. The van der Waals surface area contributed by atoms with E-state index in [4.69, 9.17) is 10.1 Å². The average molecular weight is 156 g/mol. The number of rotatable bonds is 0. The van der Waals surface area contributed by atoms with Crippen LogP contribution in [0.2, 0.25) is 0 Å².